The van der Waals surface area contributed by atoms with E-state index in [1.807, 2.05) is 73.7 Å². The largest absolute Gasteiger partial charge is 0.359 e. The van der Waals surface area contributed by atoms with E-state index in [2.05, 4.69) is 26.6 Å². The molecule has 2 N–H and O–H groups in total. The lowest BCUT2D eigenvalue weighted by molar-refractivity contribution is -0.143. The van der Waals surface area contributed by atoms with Crippen molar-refractivity contribution >= 4 is 39.3 Å². The van der Waals surface area contributed by atoms with Crippen LogP contribution in [0.4, 0.5) is 5.69 Å². The van der Waals surface area contributed by atoms with Crippen LogP contribution < -0.4 is 10.6 Å². The van der Waals surface area contributed by atoms with Crippen molar-refractivity contribution in [2.45, 2.75) is 68.9 Å². The van der Waals surface area contributed by atoms with Crippen LogP contribution in [0.2, 0.25) is 0 Å². The minimum Gasteiger partial charge on any atom is -0.359 e. The minimum absolute atomic E-state index is 0.0924. The zero-order valence-electron chi connectivity index (χ0n) is 21.3. The summed E-state index contributed by atoms with van der Waals surface area (Å²) in [7, 11) is 0. The van der Waals surface area contributed by atoms with Crippen LogP contribution in [0, 0.1) is 11.8 Å². The van der Waals surface area contributed by atoms with E-state index in [0.29, 0.717) is 5.69 Å². The number of fused-ring (bicyclic) bond motifs is 1. The van der Waals surface area contributed by atoms with Crippen molar-refractivity contribution in [2.24, 2.45) is 11.8 Å². The topological polar surface area (TPSA) is 87.7 Å². The molecular weight excluding hydrogens is 546 g/mol. The van der Waals surface area contributed by atoms with E-state index in [0.717, 1.165) is 35.7 Å². The molecule has 198 valence electrons. The van der Waals surface area contributed by atoms with Crippen molar-refractivity contribution in [3.05, 3.63) is 76.8 Å². The maximum absolute atomic E-state index is 14.3. The summed E-state index contributed by atoms with van der Waals surface area (Å²) in [6, 6.07) is 15.9. The summed E-state index contributed by atoms with van der Waals surface area (Å²) >= 11 is 3.41. The Kier molecular flexibility index (Phi) is 6.64. The van der Waals surface area contributed by atoms with Gasteiger partial charge in [-0.25, -0.2) is 0 Å². The molecule has 0 unspecified atom stereocenters. The Morgan fingerprint density at radius 2 is 1.74 bits per heavy atom. The van der Waals surface area contributed by atoms with E-state index in [-0.39, 0.29) is 29.8 Å². The number of likely N-dealkylation sites (tertiary alicyclic amines) is 1. The van der Waals surface area contributed by atoms with Gasteiger partial charge in [0.15, 0.2) is 0 Å². The molecule has 1 aliphatic carbocycles. The highest BCUT2D eigenvalue weighted by atomic mass is 79.9. The predicted octanol–water partition coefficient (Wildman–Crippen LogP) is 4.75. The van der Waals surface area contributed by atoms with Gasteiger partial charge in [0.1, 0.15) is 11.6 Å². The summed E-state index contributed by atoms with van der Waals surface area (Å²) in [5, 5.41) is 6.21. The lowest BCUT2D eigenvalue weighted by Gasteiger charge is -2.37. The van der Waals surface area contributed by atoms with Gasteiger partial charge < -0.3 is 20.3 Å². The fourth-order valence-electron chi connectivity index (χ4n) is 6.80. The van der Waals surface area contributed by atoms with Crippen molar-refractivity contribution in [3.8, 4) is 0 Å². The molecule has 7 nitrogen and oxygen atoms in total. The second-order valence-electron chi connectivity index (χ2n) is 10.9. The monoisotopic (exact) mass is 577 g/mol. The lowest BCUT2D eigenvalue weighted by atomic mass is 9.74. The molecule has 6 atom stereocenters. The Bertz CT molecular complexity index is 1260. The average molecular weight is 579 g/mol. The molecule has 1 spiro atoms. The molecule has 2 aromatic carbocycles. The summed E-state index contributed by atoms with van der Waals surface area (Å²) in [6.45, 7) is 1.94. The average Bonchev–Trinajstić information content (AvgIpc) is 3.58. The Labute approximate surface area is 231 Å². The smallest absolute Gasteiger partial charge is 0.246 e. The van der Waals surface area contributed by atoms with Crippen LogP contribution in [0.1, 0.15) is 50.6 Å². The highest BCUT2D eigenvalue weighted by Gasteiger charge is 2.73. The Morgan fingerprint density at radius 3 is 2.45 bits per heavy atom. The van der Waals surface area contributed by atoms with E-state index >= 15 is 0 Å². The van der Waals surface area contributed by atoms with E-state index in [9.17, 15) is 14.4 Å². The van der Waals surface area contributed by atoms with Crippen molar-refractivity contribution in [1.82, 2.24) is 10.2 Å². The van der Waals surface area contributed by atoms with Gasteiger partial charge >= 0.3 is 0 Å². The predicted molar refractivity (Wildman–Crippen MR) is 147 cm³/mol. The molecule has 0 radical (unpaired) electrons. The number of rotatable bonds is 6. The van der Waals surface area contributed by atoms with Gasteiger partial charge in [0.05, 0.1) is 24.0 Å². The van der Waals surface area contributed by atoms with Crippen molar-refractivity contribution < 1.29 is 19.1 Å². The number of hydrogen-bond donors (Lipinski definition) is 2. The lowest BCUT2D eigenvalue weighted by Crippen LogP contribution is -2.56. The summed E-state index contributed by atoms with van der Waals surface area (Å²) in [5.74, 6) is -2.19. The third kappa shape index (κ3) is 4.18. The molecular formula is C30H32BrN3O4. The number of anilines is 1. The van der Waals surface area contributed by atoms with Gasteiger partial charge in [0.2, 0.25) is 17.7 Å². The zero-order chi connectivity index (χ0) is 26.4. The number of ether oxygens (including phenoxy) is 1. The van der Waals surface area contributed by atoms with Gasteiger partial charge in [0.25, 0.3) is 0 Å². The van der Waals surface area contributed by atoms with E-state index in [1.165, 1.54) is 6.42 Å². The third-order valence-corrected chi connectivity index (χ3v) is 9.15. The first kappa shape index (κ1) is 25.3. The molecule has 3 amide bonds. The van der Waals surface area contributed by atoms with Gasteiger partial charge in [-0.3, -0.25) is 14.4 Å². The SMILES string of the molecule is C[C@H](c1ccccc1)N1C(=O)[C@H]2[C@H](C(=O)Nc3ccc(Br)cc3)[C@H]3C=C[C@@]2(O3)[C@H]1C(=O)NC1CCCCC1. The van der Waals surface area contributed by atoms with E-state index < -0.39 is 29.6 Å². The molecule has 4 aliphatic rings. The van der Waals surface area contributed by atoms with Gasteiger partial charge in [-0.1, -0.05) is 77.7 Å². The van der Waals surface area contributed by atoms with Crippen LogP contribution >= 0.6 is 15.9 Å². The van der Waals surface area contributed by atoms with Crippen LogP contribution in [0.5, 0.6) is 0 Å². The minimum atomic E-state index is -1.18. The molecule has 3 aliphatic heterocycles. The number of nitrogens with one attached hydrogen (secondary N) is 2. The van der Waals surface area contributed by atoms with Crippen LogP contribution in [0.15, 0.2) is 71.2 Å². The molecule has 3 fully saturated rings. The fraction of sp³-hybridized carbons (Fsp3) is 0.433. The summed E-state index contributed by atoms with van der Waals surface area (Å²) in [5.41, 5.74) is 0.401. The molecule has 6 rings (SSSR count). The molecule has 2 bridgehead atoms. The van der Waals surface area contributed by atoms with Crippen molar-refractivity contribution in [2.75, 3.05) is 5.32 Å². The molecule has 2 saturated heterocycles. The second-order valence-corrected chi connectivity index (χ2v) is 11.8. The maximum Gasteiger partial charge on any atom is 0.246 e. The van der Waals surface area contributed by atoms with Crippen LogP contribution in [-0.2, 0) is 19.1 Å². The van der Waals surface area contributed by atoms with Crippen LogP contribution in [0.25, 0.3) is 0 Å². The number of nitrogens with zero attached hydrogens (tertiary/aromatic N) is 1. The second kappa shape index (κ2) is 9.97. The third-order valence-electron chi connectivity index (χ3n) is 8.63. The number of carbonyl (C=O) groups excluding carboxylic acids is 3. The Balaban J connectivity index is 1.35. The van der Waals surface area contributed by atoms with Crippen LogP contribution in [0.3, 0.4) is 0 Å². The maximum atomic E-state index is 14.3. The normalized spacial score (nSPS) is 30.8. The first-order valence-electron chi connectivity index (χ1n) is 13.5. The van der Waals surface area contributed by atoms with Crippen molar-refractivity contribution in [1.29, 1.82) is 0 Å². The fourth-order valence-corrected chi connectivity index (χ4v) is 7.07. The quantitative estimate of drug-likeness (QED) is 0.485. The zero-order valence-corrected chi connectivity index (χ0v) is 22.9. The molecule has 1 saturated carbocycles. The number of halogens is 1. The highest BCUT2D eigenvalue weighted by Crippen LogP contribution is 2.56. The van der Waals surface area contributed by atoms with Gasteiger partial charge in [-0.15, -0.1) is 0 Å². The van der Waals surface area contributed by atoms with Gasteiger partial charge in [0, 0.05) is 16.2 Å². The molecule has 8 heteroatoms. The first-order chi connectivity index (χ1) is 18.4. The number of hydrogen-bond acceptors (Lipinski definition) is 4. The molecule has 3 heterocycles. The van der Waals surface area contributed by atoms with Crippen molar-refractivity contribution in [3.63, 3.8) is 0 Å². The summed E-state index contributed by atoms with van der Waals surface area (Å²) in [6.07, 6.45) is 8.40. The van der Waals surface area contributed by atoms with Gasteiger partial charge in [-0.2, -0.15) is 0 Å². The number of carbonyl (C=O) groups is 3. The number of amides is 3. The summed E-state index contributed by atoms with van der Waals surface area (Å²) < 4.78 is 7.39. The molecule has 2 aromatic rings. The Hall–Kier alpha value is -2.97. The summed E-state index contributed by atoms with van der Waals surface area (Å²) in [4.78, 5) is 43.5. The molecule has 0 aromatic heterocycles. The first-order valence-corrected chi connectivity index (χ1v) is 14.3. The van der Waals surface area contributed by atoms with E-state index in [4.69, 9.17) is 4.74 Å². The number of benzene rings is 2. The standard InChI is InChI=1S/C30H32BrN3O4/c1-18(19-8-4-2-5-9-19)34-26(28(36)33-21-10-6-3-7-11-21)30-17-16-23(38-30)24(25(30)29(34)37)27(35)32-22-14-12-20(31)13-15-22/h2,4-5,8-9,12-18,21,23-26H,3,6-7,10-11H2,1H3,(H,32,35)(H,33,36)/t18-,23-,24-,25-,26-,30+/m1/s1. The Morgan fingerprint density at radius 1 is 1.03 bits per heavy atom. The van der Waals surface area contributed by atoms with Gasteiger partial charge in [-0.05, 0) is 49.6 Å². The van der Waals surface area contributed by atoms with E-state index in [1.54, 1.807) is 4.90 Å². The molecule has 38 heavy (non-hydrogen) atoms. The highest BCUT2D eigenvalue weighted by molar-refractivity contribution is 9.10. The van der Waals surface area contributed by atoms with Crippen LogP contribution in [-0.4, -0.2) is 46.4 Å².